The number of hydrogen-bond donors (Lipinski definition) is 3. The summed E-state index contributed by atoms with van der Waals surface area (Å²) in [4.78, 5) is 12.8. The fourth-order valence-corrected chi connectivity index (χ4v) is 4.87. The maximum absolute atomic E-state index is 13.1. The molecule has 37 heavy (non-hydrogen) atoms. The van der Waals surface area contributed by atoms with Gasteiger partial charge in [0.15, 0.2) is 5.75 Å². The van der Waals surface area contributed by atoms with Gasteiger partial charge in [0.25, 0.3) is 16.0 Å². The van der Waals surface area contributed by atoms with E-state index in [0.29, 0.717) is 27.2 Å². The van der Waals surface area contributed by atoms with Crippen LogP contribution in [0.15, 0.2) is 75.8 Å². The number of fused-ring (bicyclic) bond motifs is 1. The normalized spacial score (nSPS) is 11.7. The summed E-state index contributed by atoms with van der Waals surface area (Å²) in [5, 5.41) is 23.3. The summed E-state index contributed by atoms with van der Waals surface area (Å²) in [6.07, 6.45) is 0. The molecule has 1 amide bonds. The van der Waals surface area contributed by atoms with E-state index in [0.717, 1.165) is 6.07 Å². The quantitative estimate of drug-likeness (QED) is 0.170. The van der Waals surface area contributed by atoms with Gasteiger partial charge in [-0.2, -0.15) is 8.42 Å². The molecule has 0 heterocycles. The van der Waals surface area contributed by atoms with Crippen molar-refractivity contribution in [1.29, 1.82) is 0 Å². The highest BCUT2D eigenvalue weighted by molar-refractivity contribution is 7.85. The van der Waals surface area contributed by atoms with Crippen molar-refractivity contribution in [1.82, 2.24) is 0 Å². The fourth-order valence-electron chi connectivity index (χ4n) is 3.65. The summed E-state index contributed by atoms with van der Waals surface area (Å²) in [7, 11) is -3.01. The molecule has 4 aromatic rings. The molecule has 0 radical (unpaired) electrons. The van der Waals surface area contributed by atoms with Crippen LogP contribution in [0.3, 0.4) is 0 Å². The molecular formula is C25H19Cl2N3O6S. The lowest BCUT2D eigenvalue weighted by Gasteiger charge is -2.12. The predicted octanol–water partition coefficient (Wildman–Crippen LogP) is 7.08. The third-order valence-electron chi connectivity index (χ3n) is 5.38. The number of benzene rings is 4. The molecule has 0 unspecified atom stereocenters. The average Bonchev–Trinajstić information content (AvgIpc) is 2.83. The van der Waals surface area contributed by atoms with E-state index in [1.807, 2.05) is 0 Å². The summed E-state index contributed by atoms with van der Waals surface area (Å²) >= 11 is 12.2. The Bertz CT molecular complexity index is 1690. The Morgan fingerprint density at radius 2 is 1.76 bits per heavy atom. The topological polar surface area (TPSA) is 138 Å². The fraction of sp³-hybridized carbons (Fsp3) is 0.0800. The van der Waals surface area contributed by atoms with E-state index in [1.165, 1.54) is 32.2 Å². The zero-order valence-electron chi connectivity index (χ0n) is 19.4. The van der Waals surface area contributed by atoms with E-state index in [-0.39, 0.29) is 32.4 Å². The molecular weight excluding hydrogens is 541 g/mol. The average molecular weight is 560 g/mol. The molecule has 4 rings (SSSR count). The maximum atomic E-state index is 13.1. The Morgan fingerprint density at radius 3 is 2.46 bits per heavy atom. The highest BCUT2D eigenvalue weighted by atomic mass is 35.5. The predicted molar refractivity (Wildman–Crippen MR) is 142 cm³/mol. The van der Waals surface area contributed by atoms with Crippen molar-refractivity contribution < 1.29 is 27.6 Å². The number of azo groups is 1. The largest absolute Gasteiger partial charge is 0.505 e. The molecule has 0 aromatic heterocycles. The van der Waals surface area contributed by atoms with Crippen LogP contribution >= 0.6 is 23.2 Å². The highest BCUT2D eigenvalue weighted by Gasteiger charge is 2.20. The van der Waals surface area contributed by atoms with Crippen LogP contribution in [0.25, 0.3) is 10.8 Å². The van der Waals surface area contributed by atoms with Gasteiger partial charge in [-0.05, 0) is 48.2 Å². The van der Waals surface area contributed by atoms with Gasteiger partial charge >= 0.3 is 0 Å². The van der Waals surface area contributed by atoms with Crippen LogP contribution in [0, 0.1) is 6.92 Å². The molecule has 9 nitrogen and oxygen atoms in total. The van der Waals surface area contributed by atoms with Crippen LogP contribution < -0.4 is 10.1 Å². The van der Waals surface area contributed by atoms with E-state index in [2.05, 4.69) is 15.5 Å². The second-order valence-electron chi connectivity index (χ2n) is 7.92. The second kappa shape index (κ2) is 10.3. The number of methoxy groups -OCH3 is 1. The monoisotopic (exact) mass is 559 g/mol. The number of halogens is 2. The van der Waals surface area contributed by atoms with Crippen LogP contribution in [0.2, 0.25) is 10.0 Å². The lowest BCUT2D eigenvalue weighted by molar-refractivity contribution is 0.102. The number of phenols is 1. The molecule has 0 aliphatic rings. The summed E-state index contributed by atoms with van der Waals surface area (Å²) in [5.74, 6) is -0.626. The smallest absolute Gasteiger partial charge is 0.294 e. The number of nitrogens with one attached hydrogen (secondary N) is 1. The van der Waals surface area contributed by atoms with E-state index >= 15 is 0 Å². The minimum atomic E-state index is -4.48. The molecule has 0 saturated heterocycles. The first kappa shape index (κ1) is 26.4. The van der Waals surface area contributed by atoms with Gasteiger partial charge in [0.05, 0.1) is 22.6 Å². The van der Waals surface area contributed by atoms with E-state index in [1.54, 1.807) is 36.4 Å². The van der Waals surface area contributed by atoms with Crippen LogP contribution in [-0.4, -0.2) is 31.1 Å². The number of aromatic hydroxyl groups is 1. The number of anilines is 1. The molecule has 3 N–H and O–H groups in total. The molecule has 0 bridgehead atoms. The van der Waals surface area contributed by atoms with Crippen molar-refractivity contribution >= 4 is 67.1 Å². The Kier molecular flexibility index (Phi) is 7.37. The van der Waals surface area contributed by atoms with Gasteiger partial charge in [0, 0.05) is 22.2 Å². The van der Waals surface area contributed by atoms with Gasteiger partial charge in [0.2, 0.25) is 0 Å². The molecule has 0 spiro atoms. The summed E-state index contributed by atoms with van der Waals surface area (Å²) < 4.78 is 37.6. The number of carbonyl (C=O) groups is 1. The third kappa shape index (κ3) is 5.67. The Labute approximate surface area is 222 Å². The maximum Gasteiger partial charge on any atom is 0.294 e. The van der Waals surface area contributed by atoms with Crippen molar-refractivity contribution in [2.24, 2.45) is 10.2 Å². The van der Waals surface area contributed by atoms with Crippen molar-refractivity contribution in [3.63, 3.8) is 0 Å². The molecule has 0 aliphatic carbocycles. The number of carbonyl (C=O) groups excluding carboxylic acids is 1. The Morgan fingerprint density at radius 1 is 1.03 bits per heavy atom. The van der Waals surface area contributed by atoms with Gasteiger partial charge in [0.1, 0.15) is 17.1 Å². The zero-order valence-corrected chi connectivity index (χ0v) is 21.7. The van der Waals surface area contributed by atoms with Gasteiger partial charge in [-0.25, -0.2) is 0 Å². The van der Waals surface area contributed by atoms with Crippen molar-refractivity contribution in [3.8, 4) is 11.5 Å². The van der Waals surface area contributed by atoms with Crippen LogP contribution in [-0.2, 0) is 10.1 Å². The van der Waals surface area contributed by atoms with Crippen molar-refractivity contribution in [2.45, 2.75) is 11.8 Å². The summed E-state index contributed by atoms with van der Waals surface area (Å²) in [6, 6.07) is 15.5. The zero-order chi connectivity index (χ0) is 26.9. The number of phenolic OH excluding ortho intramolecular Hbond substituents is 1. The molecule has 0 saturated carbocycles. The second-order valence-corrected chi connectivity index (χ2v) is 10.2. The van der Waals surface area contributed by atoms with Crippen LogP contribution in [0.5, 0.6) is 11.5 Å². The highest BCUT2D eigenvalue weighted by Crippen LogP contribution is 2.41. The van der Waals surface area contributed by atoms with Gasteiger partial charge in [-0.15, -0.1) is 10.2 Å². The van der Waals surface area contributed by atoms with Crippen LogP contribution in [0.4, 0.5) is 17.1 Å². The van der Waals surface area contributed by atoms with E-state index < -0.39 is 21.8 Å². The lowest BCUT2D eigenvalue weighted by atomic mass is 10.0. The number of aryl methyl sites for hydroxylation is 1. The summed E-state index contributed by atoms with van der Waals surface area (Å²) in [5.41, 5.74) is 0.567. The first-order valence-corrected chi connectivity index (χ1v) is 12.8. The molecule has 190 valence electrons. The van der Waals surface area contributed by atoms with E-state index in [4.69, 9.17) is 27.9 Å². The molecule has 0 aliphatic heterocycles. The molecule has 12 heteroatoms. The molecule has 0 atom stereocenters. The number of nitrogens with zero attached hydrogens (tertiary/aromatic N) is 2. The van der Waals surface area contributed by atoms with Gasteiger partial charge in [-0.1, -0.05) is 47.5 Å². The van der Waals surface area contributed by atoms with Crippen molar-refractivity contribution in [2.75, 3.05) is 12.4 Å². The van der Waals surface area contributed by atoms with Crippen molar-refractivity contribution in [3.05, 3.63) is 81.8 Å². The minimum Gasteiger partial charge on any atom is -0.505 e. The molecule has 0 fully saturated rings. The standard InChI is InChI=1S/C25H19Cl2N3O6S/c1-13-7-21(20(27)12-22(13)37(33,34)35)29-30-23-18-6-4-3-5-14(18)8-19(24(23)31)25(32)28-16-9-15(26)10-17(11-16)36-2/h3-12,31H,1-2H3,(H,28,32)(H,33,34,35). The van der Waals surface area contributed by atoms with Gasteiger partial charge in [-0.3, -0.25) is 9.35 Å². The Hall–Kier alpha value is -3.70. The summed E-state index contributed by atoms with van der Waals surface area (Å²) in [6.45, 7) is 1.46. The minimum absolute atomic E-state index is 0.000462. The number of hydrogen-bond acceptors (Lipinski definition) is 7. The van der Waals surface area contributed by atoms with Crippen LogP contribution in [0.1, 0.15) is 15.9 Å². The number of amides is 1. The number of ether oxygens (including phenoxy) is 1. The third-order valence-corrected chi connectivity index (χ3v) is 6.90. The van der Waals surface area contributed by atoms with E-state index in [9.17, 15) is 22.9 Å². The molecule has 4 aromatic carbocycles. The Balaban J connectivity index is 1.78. The first-order valence-electron chi connectivity index (χ1n) is 10.6. The number of rotatable bonds is 6. The lowest BCUT2D eigenvalue weighted by Crippen LogP contribution is -2.12. The first-order chi connectivity index (χ1) is 17.5. The van der Waals surface area contributed by atoms with Gasteiger partial charge < -0.3 is 15.2 Å². The SMILES string of the molecule is COc1cc(Cl)cc(NC(=O)c2cc3ccccc3c(N=Nc3cc(C)c(S(=O)(=O)O)cc3Cl)c2O)c1.